The first-order valence-electron chi connectivity index (χ1n) is 6.47. The first-order chi connectivity index (χ1) is 7.51. The Morgan fingerprint density at radius 3 is 2.25 bits per heavy atom. The fraction of sp³-hybridized carbons (Fsp3) is 0.923. The van der Waals surface area contributed by atoms with Gasteiger partial charge in [-0.3, -0.25) is 4.79 Å². The summed E-state index contributed by atoms with van der Waals surface area (Å²) in [6.07, 6.45) is 7.00. The second kappa shape index (κ2) is 8.71. The topological polar surface area (TPSA) is 69.1 Å². The number of rotatable bonds is 3. The van der Waals surface area contributed by atoms with Gasteiger partial charge in [-0.05, 0) is 45.1 Å². The van der Waals surface area contributed by atoms with Crippen molar-refractivity contribution >= 4 is 5.78 Å². The van der Waals surface area contributed by atoms with Gasteiger partial charge in [0.2, 0.25) is 0 Å². The Morgan fingerprint density at radius 1 is 1.38 bits per heavy atom. The minimum absolute atomic E-state index is 0.0370. The lowest BCUT2D eigenvalue weighted by atomic mass is 9.80. The molecule has 0 aliphatic heterocycles. The molecule has 3 nitrogen and oxygen atoms in total. The normalized spacial score (nSPS) is 26.6. The van der Waals surface area contributed by atoms with Gasteiger partial charge in [-0.15, -0.1) is 0 Å². The first-order valence-corrected chi connectivity index (χ1v) is 6.47. The van der Waals surface area contributed by atoms with Crippen LogP contribution in [0.5, 0.6) is 0 Å². The molecule has 1 saturated carbocycles. The van der Waals surface area contributed by atoms with Gasteiger partial charge in [-0.2, -0.15) is 0 Å². The van der Waals surface area contributed by atoms with E-state index < -0.39 is 0 Å². The third-order valence-electron chi connectivity index (χ3n) is 3.44. The van der Waals surface area contributed by atoms with Gasteiger partial charge in [0.05, 0.1) is 6.04 Å². The van der Waals surface area contributed by atoms with Crippen LogP contribution in [0.15, 0.2) is 0 Å². The molecule has 1 aliphatic carbocycles. The van der Waals surface area contributed by atoms with Crippen molar-refractivity contribution in [1.29, 1.82) is 0 Å². The number of hydrogen-bond acceptors (Lipinski definition) is 3. The van der Waals surface area contributed by atoms with Gasteiger partial charge >= 0.3 is 0 Å². The summed E-state index contributed by atoms with van der Waals surface area (Å²) in [5, 5.41) is 0. The summed E-state index contributed by atoms with van der Waals surface area (Å²) in [7, 11) is 0. The maximum Gasteiger partial charge on any atom is 0.146 e. The van der Waals surface area contributed by atoms with E-state index in [1.54, 1.807) is 6.92 Å². The van der Waals surface area contributed by atoms with Crippen molar-refractivity contribution in [2.45, 2.75) is 58.9 Å². The van der Waals surface area contributed by atoms with E-state index in [2.05, 4.69) is 6.92 Å². The lowest BCUT2D eigenvalue weighted by molar-refractivity contribution is -0.117. The van der Waals surface area contributed by atoms with Crippen LogP contribution >= 0.6 is 0 Å². The Morgan fingerprint density at radius 2 is 1.88 bits per heavy atom. The molecular formula is C13H28N2O. The van der Waals surface area contributed by atoms with E-state index in [1.807, 2.05) is 0 Å². The van der Waals surface area contributed by atoms with Crippen molar-refractivity contribution in [3.05, 3.63) is 0 Å². The van der Waals surface area contributed by atoms with Crippen LogP contribution in [0, 0.1) is 11.8 Å². The number of carbonyl (C=O) groups excluding carboxylic acids is 1. The van der Waals surface area contributed by atoms with Gasteiger partial charge in [-0.1, -0.05) is 26.2 Å². The molecule has 0 aromatic carbocycles. The van der Waals surface area contributed by atoms with Crippen LogP contribution < -0.4 is 11.5 Å². The molecular weight excluding hydrogens is 200 g/mol. The third-order valence-corrected chi connectivity index (χ3v) is 3.44. The molecule has 0 amide bonds. The van der Waals surface area contributed by atoms with Crippen molar-refractivity contribution in [2.75, 3.05) is 6.54 Å². The predicted octanol–water partition coefficient (Wildman–Crippen LogP) is 2.08. The molecule has 0 heterocycles. The molecule has 0 bridgehead atoms. The molecule has 0 saturated heterocycles. The second-order valence-electron chi connectivity index (χ2n) is 4.94. The molecule has 1 aliphatic rings. The number of Topliss-reactive ketones (excluding diaryl/α,β-unsaturated/α-hetero) is 1. The van der Waals surface area contributed by atoms with E-state index >= 15 is 0 Å². The summed E-state index contributed by atoms with van der Waals surface area (Å²) in [6, 6.07) is -0.287. The molecule has 1 fully saturated rings. The minimum Gasteiger partial charge on any atom is -0.330 e. The summed E-state index contributed by atoms with van der Waals surface area (Å²) < 4.78 is 0. The Balaban J connectivity index is 0.000000325. The fourth-order valence-electron chi connectivity index (χ4n) is 1.99. The lowest BCUT2D eigenvalue weighted by Crippen LogP contribution is -2.23. The molecule has 0 aromatic heterocycles. The maximum atomic E-state index is 10.0. The van der Waals surface area contributed by atoms with Gasteiger partial charge in [0.15, 0.2) is 0 Å². The van der Waals surface area contributed by atoms with Crippen molar-refractivity contribution in [3.8, 4) is 0 Å². The predicted molar refractivity (Wildman–Crippen MR) is 69.1 cm³/mol. The highest BCUT2D eigenvalue weighted by Crippen LogP contribution is 2.29. The monoisotopic (exact) mass is 228 g/mol. The zero-order chi connectivity index (χ0) is 12.6. The van der Waals surface area contributed by atoms with Crippen molar-refractivity contribution in [3.63, 3.8) is 0 Å². The van der Waals surface area contributed by atoms with Gasteiger partial charge in [0.25, 0.3) is 0 Å². The van der Waals surface area contributed by atoms with Crippen LogP contribution in [0.25, 0.3) is 0 Å². The highest BCUT2D eigenvalue weighted by molar-refractivity contribution is 5.80. The molecule has 4 N–H and O–H groups in total. The Labute approximate surface area is 100.0 Å². The summed E-state index contributed by atoms with van der Waals surface area (Å²) >= 11 is 0. The number of ketones is 1. The van der Waals surface area contributed by atoms with E-state index in [1.165, 1.54) is 39.0 Å². The average molecular weight is 228 g/mol. The van der Waals surface area contributed by atoms with Crippen molar-refractivity contribution < 1.29 is 4.79 Å². The molecule has 3 heteroatoms. The fourth-order valence-corrected chi connectivity index (χ4v) is 1.99. The van der Waals surface area contributed by atoms with E-state index in [9.17, 15) is 4.79 Å². The van der Waals surface area contributed by atoms with E-state index in [-0.39, 0.29) is 11.8 Å². The molecule has 1 rings (SSSR count). The zero-order valence-electron chi connectivity index (χ0n) is 11.0. The SMILES string of the molecule is CC(=O)C(C)N.CCC1CCCC(CN)C1. The molecule has 3 unspecified atom stereocenters. The minimum atomic E-state index is -0.287. The van der Waals surface area contributed by atoms with Gasteiger partial charge in [0.1, 0.15) is 5.78 Å². The Bertz CT molecular complexity index is 182. The summed E-state index contributed by atoms with van der Waals surface area (Å²) in [5.74, 6) is 1.87. The highest BCUT2D eigenvalue weighted by atomic mass is 16.1. The maximum absolute atomic E-state index is 10.0. The van der Waals surface area contributed by atoms with Crippen LogP contribution in [-0.2, 0) is 4.79 Å². The van der Waals surface area contributed by atoms with E-state index in [0.717, 1.165) is 18.4 Å². The molecule has 0 radical (unpaired) electrons. The van der Waals surface area contributed by atoms with Crippen molar-refractivity contribution in [2.24, 2.45) is 23.3 Å². The van der Waals surface area contributed by atoms with Crippen LogP contribution in [0.1, 0.15) is 52.9 Å². The summed E-state index contributed by atoms with van der Waals surface area (Å²) in [5.41, 5.74) is 10.7. The van der Waals surface area contributed by atoms with E-state index in [0.29, 0.717) is 0 Å². The summed E-state index contributed by atoms with van der Waals surface area (Å²) in [6.45, 7) is 6.35. The van der Waals surface area contributed by atoms with Gasteiger partial charge in [0, 0.05) is 0 Å². The number of nitrogens with two attached hydrogens (primary N) is 2. The lowest BCUT2D eigenvalue weighted by Gasteiger charge is -2.27. The second-order valence-corrected chi connectivity index (χ2v) is 4.94. The molecule has 16 heavy (non-hydrogen) atoms. The summed E-state index contributed by atoms with van der Waals surface area (Å²) in [4.78, 5) is 10.0. The number of hydrogen-bond donors (Lipinski definition) is 2. The average Bonchev–Trinajstić information content (AvgIpc) is 2.29. The Hall–Kier alpha value is -0.410. The van der Waals surface area contributed by atoms with Crippen LogP contribution in [0.3, 0.4) is 0 Å². The Kier molecular flexibility index (Phi) is 8.49. The zero-order valence-corrected chi connectivity index (χ0v) is 11.0. The van der Waals surface area contributed by atoms with Crippen molar-refractivity contribution in [1.82, 2.24) is 0 Å². The highest BCUT2D eigenvalue weighted by Gasteiger charge is 2.18. The largest absolute Gasteiger partial charge is 0.330 e. The van der Waals surface area contributed by atoms with Crippen LogP contribution in [0.4, 0.5) is 0 Å². The van der Waals surface area contributed by atoms with Crippen LogP contribution in [0.2, 0.25) is 0 Å². The van der Waals surface area contributed by atoms with Crippen LogP contribution in [-0.4, -0.2) is 18.4 Å². The molecule has 96 valence electrons. The quantitative estimate of drug-likeness (QED) is 0.777. The molecule has 0 aromatic rings. The third kappa shape index (κ3) is 6.96. The van der Waals surface area contributed by atoms with Gasteiger partial charge in [-0.25, -0.2) is 0 Å². The molecule has 0 spiro atoms. The first kappa shape index (κ1) is 15.6. The van der Waals surface area contributed by atoms with Gasteiger partial charge < -0.3 is 11.5 Å². The van der Waals surface area contributed by atoms with E-state index in [4.69, 9.17) is 11.5 Å². The smallest absolute Gasteiger partial charge is 0.146 e. The number of carbonyl (C=O) groups is 1. The standard InChI is InChI=1S/C9H19N.C4H9NO/c1-2-8-4-3-5-9(6-8)7-10;1-3(5)4(2)6/h8-9H,2-7,10H2,1H3;3H,5H2,1-2H3. The molecule has 3 atom stereocenters.